The van der Waals surface area contributed by atoms with E-state index in [1.807, 2.05) is 23.9 Å². The highest BCUT2D eigenvalue weighted by Gasteiger charge is 2.29. The lowest BCUT2D eigenvalue weighted by Crippen LogP contribution is -2.29. The average Bonchev–Trinajstić information content (AvgIpc) is 3.05. The van der Waals surface area contributed by atoms with Crippen LogP contribution < -0.4 is 5.32 Å². The van der Waals surface area contributed by atoms with Crippen LogP contribution in [0, 0.1) is 11.7 Å². The van der Waals surface area contributed by atoms with Crippen LogP contribution in [0.2, 0.25) is 0 Å². The van der Waals surface area contributed by atoms with Gasteiger partial charge in [0.1, 0.15) is 17.4 Å². The molecule has 130 valence electrons. The van der Waals surface area contributed by atoms with Gasteiger partial charge in [-0.2, -0.15) is 5.10 Å². The molecule has 0 bridgehead atoms. The van der Waals surface area contributed by atoms with E-state index in [0.29, 0.717) is 17.0 Å². The van der Waals surface area contributed by atoms with Crippen molar-refractivity contribution in [2.75, 3.05) is 18.5 Å². The van der Waals surface area contributed by atoms with Crippen LogP contribution in [-0.2, 0) is 11.8 Å². The van der Waals surface area contributed by atoms with Gasteiger partial charge < -0.3 is 10.1 Å². The Hall–Kier alpha value is -2.54. The summed E-state index contributed by atoms with van der Waals surface area (Å²) in [6, 6.07) is 5.28. The van der Waals surface area contributed by atoms with Gasteiger partial charge in [0.25, 0.3) is 0 Å². The summed E-state index contributed by atoms with van der Waals surface area (Å²) in [5, 5.41) is 7.71. The molecule has 1 saturated heterocycles. The van der Waals surface area contributed by atoms with Crippen LogP contribution >= 0.6 is 0 Å². The van der Waals surface area contributed by atoms with Crippen molar-refractivity contribution in [2.24, 2.45) is 13.0 Å². The van der Waals surface area contributed by atoms with Gasteiger partial charge in [-0.1, -0.05) is 0 Å². The molecule has 3 aromatic heterocycles. The zero-order valence-corrected chi connectivity index (χ0v) is 14.0. The summed E-state index contributed by atoms with van der Waals surface area (Å²) in [6.07, 6.45) is 6.83. The Morgan fingerprint density at radius 2 is 2.24 bits per heavy atom. The molecule has 1 aliphatic rings. The number of aryl methyl sites for hydroxylation is 1. The van der Waals surface area contributed by atoms with Gasteiger partial charge in [0.15, 0.2) is 0 Å². The second-order valence-corrected chi connectivity index (χ2v) is 6.33. The molecule has 0 radical (unpaired) electrons. The molecule has 1 N–H and O–H groups in total. The highest BCUT2D eigenvalue weighted by atomic mass is 19.1. The molecule has 1 aliphatic heterocycles. The number of aromatic nitrogens is 4. The summed E-state index contributed by atoms with van der Waals surface area (Å²) in [4.78, 5) is 8.37. The lowest BCUT2D eigenvalue weighted by molar-refractivity contribution is -0.0284. The fourth-order valence-corrected chi connectivity index (χ4v) is 3.43. The maximum absolute atomic E-state index is 13.3. The van der Waals surface area contributed by atoms with Crippen molar-refractivity contribution in [3.8, 4) is 0 Å². The summed E-state index contributed by atoms with van der Waals surface area (Å²) in [7, 11) is 1.94. The Balaban J connectivity index is 1.55. The molecule has 25 heavy (non-hydrogen) atoms. The minimum atomic E-state index is -0.380. The lowest BCUT2D eigenvalue weighted by Gasteiger charge is -2.32. The fraction of sp³-hybridized carbons (Fsp3) is 0.389. The molecule has 0 unspecified atom stereocenters. The van der Waals surface area contributed by atoms with Crippen molar-refractivity contribution in [2.45, 2.75) is 18.9 Å². The molecule has 7 heteroatoms. The van der Waals surface area contributed by atoms with Crippen molar-refractivity contribution >= 4 is 16.7 Å². The number of fused-ring (bicyclic) bond motifs is 1. The molecule has 1 fully saturated rings. The number of nitrogens with one attached hydrogen (secondary N) is 1. The van der Waals surface area contributed by atoms with Gasteiger partial charge in [0, 0.05) is 44.6 Å². The first-order valence-corrected chi connectivity index (χ1v) is 8.46. The molecular weight excluding hydrogens is 321 g/mol. The number of ether oxygens (including phenoxy) is 1. The third-order valence-electron chi connectivity index (χ3n) is 4.69. The molecule has 3 aromatic rings. The first-order valence-electron chi connectivity index (χ1n) is 8.46. The summed E-state index contributed by atoms with van der Waals surface area (Å²) < 4.78 is 21.2. The zero-order chi connectivity index (χ0) is 17.2. The van der Waals surface area contributed by atoms with Crippen LogP contribution in [0.15, 0.2) is 36.8 Å². The van der Waals surface area contributed by atoms with E-state index in [1.165, 1.54) is 12.3 Å². The molecule has 0 saturated carbocycles. The van der Waals surface area contributed by atoms with Crippen molar-refractivity contribution in [3.05, 3.63) is 48.3 Å². The number of hydrogen-bond acceptors (Lipinski definition) is 5. The number of nitrogens with zero attached hydrogens (tertiary/aromatic N) is 4. The first-order chi connectivity index (χ1) is 12.2. The highest BCUT2D eigenvalue weighted by molar-refractivity contribution is 5.86. The van der Waals surface area contributed by atoms with Gasteiger partial charge in [0.2, 0.25) is 0 Å². The summed E-state index contributed by atoms with van der Waals surface area (Å²) in [5.74, 6) is -0.0538. The molecule has 2 atom stereocenters. The van der Waals surface area contributed by atoms with Crippen molar-refractivity contribution in [1.82, 2.24) is 19.7 Å². The normalized spacial score (nSPS) is 20.7. The molecule has 0 spiro atoms. The van der Waals surface area contributed by atoms with Crippen LogP contribution in [0.4, 0.5) is 10.1 Å². The predicted octanol–water partition coefficient (Wildman–Crippen LogP) is 3.08. The van der Waals surface area contributed by atoms with Crippen molar-refractivity contribution < 1.29 is 9.13 Å². The number of hydrogen-bond donors (Lipinski definition) is 1. The van der Waals surface area contributed by atoms with Crippen LogP contribution in [0.3, 0.4) is 0 Å². The first kappa shape index (κ1) is 16.0. The molecule has 0 aromatic carbocycles. The smallest absolute Gasteiger partial charge is 0.143 e. The van der Waals surface area contributed by atoms with Gasteiger partial charge in [0.05, 0.1) is 23.1 Å². The van der Waals surface area contributed by atoms with E-state index >= 15 is 0 Å². The quantitative estimate of drug-likeness (QED) is 0.790. The number of anilines is 1. The van der Waals surface area contributed by atoms with Gasteiger partial charge in [-0.15, -0.1) is 0 Å². The second kappa shape index (κ2) is 6.76. The van der Waals surface area contributed by atoms with E-state index in [0.717, 1.165) is 37.4 Å². The molecule has 4 heterocycles. The highest BCUT2D eigenvalue weighted by Crippen LogP contribution is 2.33. The average molecular weight is 341 g/mol. The Bertz CT molecular complexity index is 881. The van der Waals surface area contributed by atoms with Gasteiger partial charge in [-0.05, 0) is 25.0 Å². The molecular formula is C18H20FN5O. The zero-order valence-electron chi connectivity index (χ0n) is 14.0. The maximum atomic E-state index is 13.3. The monoisotopic (exact) mass is 341 g/mol. The topological polar surface area (TPSA) is 64.9 Å². The van der Waals surface area contributed by atoms with Gasteiger partial charge in [-0.3, -0.25) is 9.67 Å². The standard InChI is InChI=1S/C18H20FN5O/c1-24-16(5-7-23-24)18-12(3-2-8-25-18)10-21-14-4-6-20-15-9-13(19)11-22-17(14)15/h4-7,9,11-12,18H,2-3,8,10H2,1H3,(H,20,21)/t12-,18+/m0/s1. The Labute approximate surface area is 145 Å². The summed E-state index contributed by atoms with van der Waals surface area (Å²) in [5.41, 5.74) is 3.18. The number of rotatable bonds is 4. The van der Waals surface area contributed by atoms with E-state index in [-0.39, 0.29) is 11.9 Å². The Kier molecular flexibility index (Phi) is 4.31. The van der Waals surface area contributed by atoms with E-state index in [4.69, 9.17) is 4.74 Å². The summed E-state index contributed by atoms with van der Waals surface area (Å²) >= 11 is 0. The molecule has 0 aliphatic carbocycles. The Morgan fingerprint density at radius 1 is 1.32 bits per heavy atom. The van der Waals surface area contributed by atoms with Crippen LogP contribution in [0.5, 0.6) is 0 Å². The van der Waals surface area contributed by atoms with Crippen LogP contribution in [0.1, 0.15) is 24.6 Å². The Morgan fingerprint density at radius 3 is 3.08 bits per heavy atom. The van der Waals surface area contributed by atoms with Crippen molar-refractivity contribution in [1.29, 1.82) is 0 Å². The minimum absolute atomic E-state index is 0.0206. The maximum Gasteiger partial charge on any atom is 0.143 e. The number of halogens is 1. The van der Waals surface area contributed by atoms with Crippen LogP contribution in [0.25, 0.3) is 11.0 Å². The third-order valence-corrected chi connectivity index (χ3v) is 4.69. The lowest BCUT2D eigenvalue weighted by atomic mass is 9.92. The SMILES string of the molecule is Cn1nccc1[C@@H]1OCCC[C@H]1CNc1ccnc2cc(F)cnc12. The van der Waals surface area contributed by atoms with Gasteiger partial charge >= 0.3 is 0 Å². The fourth-order valence-electron chi connectivity index (χ4n) is 3.43. The van der Waals surface area contributed by atoms with Crippen LogP contribution in [-0.4, -0.2) is 32.9 Å². The van der Waals surface area contributed by atoms with E-state index in [1.54, 1.807) is 12.4 Å². The van der Waals surface area contributed by atoms with E-state index in [2.05, 4.69) is 20.4 Å². The second-order valence-electron chi connectivity index (χ2n) is 6.33. The molecule has 6 nitrogen and oxygen atoms in total. The minimum Gasteiger partial charge on any atom is -0.383 e. The van der Waals surface area contributed by atoms with Gasteiger partial charge in [-0.25, -0.2) is 9.37 Å². The molecule has 4 rings (SSSR count). The molecule has 0 amide bonds. The third kappa shape index (κ3) is 3.19. The van der Waals surface area contributed by atoms with E-state index < -0.39 is 0 Å². The predicted molar refractivity (Wildman–Crippen MR) is 92.6 cm³/mol. The largest absolute Gasteiger partial charge is 0.383 e. The van der Waals surface area contributed by atoms with Crippen molar-refractivity contribution in [3.63, 3.8) is 0 Å². The van der Waals surface area contributed by atoms with E-state index in [9.17, 15) is 4.39 Å². The summed E-state index contributed by atoms with van der Waals surface area (Å²) in [6.45, 7) is 1.51. The number of pyridine rings is 2.